The Morgan fingerprint density at radius 2 is 1.43 bits per heavy atom. The van der Waals surface area contributed by atoms with Crippen molar-refractivity contribution in [3.05, 3.63) is 87.1 Å². The number of nitro benzene ring substituents is 1. The van der Waals surface area contributed by atoms with Gasteiger partial charge in [-0.1, -0.05) is 54.6 Å². The highest BCUT2D eigenvalue weighted by molar-refractivity contribution is 9.10. The van der Waals surface area contributed by atoms with E-state index in [1.807, 2.05) is 42.5 Å². The van der Waals surface area contributed by atoms with Crippen molar-refractivity contribution in [3.8, 4) is 22.3 Å². The lowest BCUT2D eigenvalue weighted by atomic mass is 9.94. The second-order valence-electron chi connectivity index (χ2n) is 4.93. The number of nitrogens with zero attached hydrogens (tertiary/aromatic N) is 1. The molecule has 3 nitrogen and oxygen atoms in total. The molecule has 0 amide bonds. The first-order valence-corrected chi connectivity index (χ1v) is 7.66. The molecular formula is C18H11BrFNO2. The van der Waals surface area contributed by atoms with E-state index in [0.29, 0.717) is 5.56 Å². The van der Waals surface area contributed by atoms with Gasteiger partial charge in [0, 0.05) is 5.56 Å². The van der Waals surface area contributed by atoms with Crippen molar-refractivity contribution < 1.29 is 9.31 Å². The Kier molecular flexibility index (Phi) is 4.21. The van der Waals surface area contributed by atoms with Crippen LogP contribution in [0.1, 0.15) is 0 Å². The predicted octanol–water partition coefficient (Wildman–Crippen LogP) is 5.83. The van der Waals surface area contributed by atoms with Gasteiger partial charge in [-0.25, -0.2) is 0 Å². The third kappa shape index (κ3) is 2.87. The van der Waals surface area contributed by atoms with Gasteiger partial charge in [-0.15, -0.1) is 0 Å². The first-order valence-electron chi connectivity index (χ1n) is 6.87. The van der Waals surface area contributed by atoms with E-state index in [-0.39, 0.29) is 10.0 Å². The molecule has 23 heavy (non-hydrogen) atoms. The minimum atomic E-state index is -0.840. The van der Waals surface area contributed by atoms with Crippen molar-refractivity contribution in [1.29, 1.82) is 0 Å². The zero-order valence-corrected chi connectivity index (χ0v) is 13.5. The highest BCUT2D eigenvalue weighted by Gasteiger charge is 2.24. The van der Waals surface area contributed by atoms with Gasteiger partial charge >= 0.3 is 5.69 Å². The van der Waals surface area contributed by atoms with Gasteiger partial charge in [-0.2, -0.15) is 4.39 Å². The molecular weight excluding hydrogens is 361 g/mol. The summed E-state index contributed by atoms with van der Waals surface area (Å²) in [6, 6.07) is 19.9. The Balaban J connectivity index is 2.26. The van der Waals surface area contributed by atoms with E-state index in [1.54, 1.807) is 18.2 Å². The Morgan fingerprint density at radius 1 is 0.826 bits per heavy atom. The van der Waals surface area contributed by atoms with E-state index in [9.17, 15) is 14.5 Å². The van der Waals surface area contributed by atoms with E-state index in [1.165, 1.54) is 6.07 Å². The molecule has 3 aromatic rings. The fourth-order valence-corrected chi connectivity index (χ4v) is 2.95. The third-order valence-electron chi connectivity index (χ3n) is 3.55. The summed E-state index contributed by atoms with van der Waals surface area (Å²) < 4.78 is 14.8. The summed E-state index contributed by atoms with van der Waals surface area (Å²) in [7, 11) is 0. The van der Waals surface area contributed by atoms with Gasteiger partial charge in [-0.3, -0.25) is 10.1 Å². The SMILES string of the molecule is O=[N+]([O-])c1c(Br)ccc(-c2ccccc2-c2ccccc2)c1F. The Morgan fingerprint density at radius 3 is 2.09 bits per heavy atom. The summed E-state index contributed by atoms with van der Waals surface area (Å²) in [4.78, 5) is 10.4. The molecule has 0 N–H and O–H groups in total. The quantitative estimate of drug-likeness (QED) is 0.429. The summed E-state index contributed by atoms with van der Waals surface area (Å²) >= 11 is 3.04. The lowest BCUT2D eigenvalue weighted by Gasteiger charge is -2.11. The molecule has 0 atom stereocenters. The molecule has 0 fully saturated rings. The van der Waals surface area contributed by atoms with Crippen LogP contribution in [0.2, 0.25) is 0 Å². The van der Waals surface area contributed by atoms with Gasteiger partial charge in [-0.05, 0) is 44.8 Å². The second kappa shape index (κ2) is 6.30. The van der Waals surface area contributed by atoms with E-state index >= 15 is 0 Å². The molecule has 3 aromatic carbocycles. The first-order chi connectivity index (χ1) is 11.1. The fraction of sp³-hybridized carbons (Fsp3) is 0. The summed E-state index contributed by atoms with van der Waals surface area (Å²) in [6.45, 7) is 0. The van der Waals surface area contributed by atoms with Crippen LogP contribution in [0, 0.1) is 15.9 Å². The highest BCUT2D eigenvalue weighted by Crippen LogP contribution is 2.38. The van der Waals surface area contributed by atoms with E-state index in [4.69, 9.17) is 0 Å². The molecule has 0 aromatic heterocycles. The maximum absolute atomic E-state index is 14.7. The zero-order chi connectivity index (χ0) is 16.4. The minimum Gasteiger partial charge on any atom is -0.258 e. The van der Waals surface area contributed by atoms with Crippen LogP contribution in [0.15, 0.2) is 71.2 Å². The summed E-state index contributed by atoms with van der Waals surface area (Å²) in [5, 5.41) is 11.1. The molecule has 0 heterocycles. The van der Waals surface area contributed by atoms with Crippen LogP contribution < -0.4 is 0 Å². The number of halogens is 2. The van der Waals surface area contributed by atoms with Crippen molar-refractivity contribution in [2.45, 2.75) is 0 Å². The molecule has 0 bridgehead atoms. The smallest absolute Gasteiger partial charge is 0.258 e. The summed E-state index contributed by atoms with van der Waals surface area (Å²) in [5.74, 6) is -0.840. The zero-order valence-electron chi connectivity index (χ0n) is 11.9. The highest BCUT2D eigenvalue weighted by atomic mass is 79.9. The molecule has 0 radical (unpaired) electrons. The average molecular weight is 372 g/mol. The predicted molar refractivity (Wildman–Crippen MR) is 91.6 cm³/mol. The van der Waals surface area contributed by atoms with Gasteiger partial charge in [0.25, 0.3) is 0 Å². The molecule has 0 aliphatic carbocycles. The van der Waals surface area contributed by atoms with Gasteiger partial charge in [0.1, 0.15) is 0 Å². The van der Waals surface area contributed by atoms with Crippen LogP contribution in [-0.2, 0) is 0 Å². The largest absolute Gasteiger partial charge is 0.319 e. The number of hydrogen-bond donors (Lipinski definition) is 0. The van der Waals surface area contributed by atoms with Crippen molar-refractivity contribution in [2.24, 2.45) is 0 Å². The van der Waals surface area contributed by atoms with E-state index in [0.717, 1.165) is 11.1 Å². The second-order valence-corrected chi connectivity index (χ2v) is 5.78. The van der Waals surface area contributed by atoms with Crippen LogP contribution >= 0.6 is 15.9 Å². The molecule has 0 spiro atoms. The van der Waals surface area contributed by atoms with Gasteiger partial charge < -0.3 is 0 Å². The number of hydrogen-bond acceptors (Lipinski definition) is 2. The Bertz CT molecular complexity index is 881. The standard InChI is InChI=1S/C18H11BrFNO2/c19-16-11-10-15(17(20)18(16)21(22)23)14-9-5-4-8-13(14)12-6-2-1-3-7-12/h1-11H. The maximum atomic E-state index is 14.7. The van der Waals surface area contributed by atoms with Crippen LogP contribution in [0.5, 0.6) is 0 Å². The molecule has 0 saturated carbocycles. The molecule has 5 heteroatoms. The van der Waals surface area contributed by atoms with Crippen molar-refractivity contribution in [3.63, 3.8) is 0 Å². The molecule has 0 saturated heterocycles. The lowest BCUT2D eigenvalue weighted by Crippen LogP contribution is -1.97. The maximum Gasteiger partial charge on any atom is 0.319 e. The van der Waals surface area contributed by atoms with Gasteiger partial charge in [0.05, 0.1) is 9.40 Å². The molecule has 3 rings (SSSR count). The van der Waals surface area contributed by atoms with E-state index < -0.39 is 16.4 Å². The van der Waals surface area contributed by atoms with Crippen molar-refractivity contribution >= 4 is 21.6 Å². The number of benzene rings is 3. The van der Waals surface area contributed by atoms with Crippen LogP contribution in [0.25, 0.3) is 22.3 Å². The Hall–Kier alpha value is -2.53. The topological polar surface area (TPSA) is 43.1 Å². The molecule has 0 aliphatic heterocycles. The lowest BCUT2D eigenvalue weighted by molar-refractivity contribution is -0.388. The summed E-state index contributed by atoms with van der Waals surface area (Å²) in [5.41, 5.74) is 2.02. The fourth-order valence-electron chi connectivity index (χ4n) is 2.50. The monoisotopic (exact) mass is 371 g/mol. The van der Waals surface area contributed by atoms with Crippen LogP contribution in [0.3, 0.4) is 0 Å². The summed E-state index contributed by atoms with van der Waals surface area (Å²) in [6.07, 6.45) is 0. The number of rotatable bonds is 3. The molecule has 0 aliphatic rings. The third-order valence-corrected chi connectivity index (χ3v) is 4.19. The normalized spacial score (nSPS) is 10.5. The van der Waals surface area contributed by atoms with Gasteiger partial charge in [0.2, 0.25) is 5.82 Å². The van der Waals surface area contributed by atoms with Gasteiger partial charge in [0.15, 0.2) is 0 Å². The van der Waals surface area contributed by atoms with Crippen LogP contribution in [-0.4, -0.2) is 4.92 Å². The van der Waals surface area contributed by atoms with E-state index in [2.05, 4.69) is 15.9 Å². The van der Waals surface area contributed by atoms with Crippen molar-refractivity contribution in [2.75, 3.05) is 0 Å². The average Bonchev–Trinajstić information content (AvgIpc) is 2.56. The Labute approximate surface area is 140 Å². The number of nitro groups is 1. The first kappa shape index (κ1) is 15.4. The minimum absolute atomic E-state index is 0.126. The van der Waals surface area contributed by atoms with Crippen molar-refractivity contribution in [1.82, 2.24) is 0 Å². The molecule has 114 valence electrons. The van der Waals surface area contributed by atoms with Crippen LogP contribution in [0.4, 0.5) is 10.1 Å². The molecule has 0 unspecified atom stereocenters.